The minimum Gasteiger partial charge on any atom is -0.496 e. The highest BCUT2D eigenvalue weighted by Crippen LogP contribution is 2.26. The van der Waals surface area contributed by atoms with Crippen LogP contribution in [0, 0.1) is 0 Å². The predicted molar refractivity (Wildman–Crippen MR) is 72.6 cm³/mol. The van der Waals surface area contributed by atoms with Crippen LogP contribution in [0.3, 0.4) is 0 Å². The molecule has 0 radical (unpaired) electrons. The Balaban J connectivity index is 2.77. The van der Waals surface area contributed by atoms with Crippen LogP contribution in [0.25, 0.3) is 0 Å². The molecule has 0 aliphatic carbocycles. The summed E-state index contributed by atoms with van der Waals surface area (Å²) in [6, 6.07) is 5.43. The highest BCUT2D eigenvalue weighted by molar-refractivity contribution is 5.93. The second-order valence-corrected chi connectivity index (χ2v) is 4.40. The molecule has 0 aliphatic rings. The first kappa shape index (κ1) is 15.2. The van der Waals surface area contributed by atoms with Gasteiger partial charge in [-0.1, -0.05) is 12.1 Å². The van der Waals surface area contributed by atoms with Crippen molar-refractivity contribution < 1.29 is 19.1 Å². The molecule has 4 heteroatoms. The van der Waals surface area contributed by atoms with Gasteiger partial charge in [-0.15, -0.1) is 0 Å². The number of aryl methyl sites for hydroxylation is 1. The van der Waals surface area contributed by atoms with Crippen molar-refractivity contribution in [3.8, 4) is 5.75 Å². The van der Waals surface area contributed by atoms with Gasteiger partial charge in [-0.25, -0.2) is 4.79 Å². The maximum absolute atomic E-state index is 11.6. The minimum atomic E-state index is -0.401. The molecule has 4 nitrogen and oxygen atoms in total. The van der Waals surface area contributed by atoms with Crippen molar-refractivity contribution in [2.24, 2.45) is 0 Å². The molecule has 104 valence electrons. The molecular weight excluding hydrogens is 244 g/mol. The topological polar surface area (TPSA) is 52.6 Å². The molecule has 19 heavy (non-hydrogen) atoms. The molecule has 0 spiro atoms. The van der Waals surface area contributed by atoms with E-state index in [1.165, 1.54) is 7.11 Å². The van der Waals surface area contributed by atoms with Gasteiger partial charge in [0.05, 0.1) is 14.2 Å². The van der Waals surface area contributed by atoms with E-state index in [0.29, 0.717) is 17.7 Å². The monoisotopic (exact) mass is 264 g/mol. The number of ketones is 1. The first-order valence-electron chi connectivity index (χ1n) is 6.33. The van der Waals surface area contributed by atoms with Gasteiger partial charge in [0.25, 0.3) is 0 Å². The SMILES string of the molecule is COC(=O)c1cccc(CCCCC(C)=O)c1OC. The summed E-state index contributed by atoms with van der Waals surface area (Å²) in [4.78, 5) is 22.5. The van der Waals surface area contributed by atoms with Gasteiger partial charge in [0, 0.05) is 6.42 Å². The van der Waals surface area contributed by atoms with Crippen molar-refractivity contribution in [1.29, 1.82) is 0 Å². The van der Waals surface area contributed by atoms with E-state index in [1.54, 1.807) is 20.1 Å². The van der Waals surface area contributed by atoms with Gasteiger partial charge in [-0.2, -0.15) is 0 Å². The van der Waals surface area contributed by atoms with Crippen LogP contribution >= 0.6 is 0 Å². The summed E-state index contributed by atoms with van der Waals surface area (Å²) in [7, 11) is 2.89. The van der Waals surface area contributed by atoms with E-state index < -0.39 is 5.97 Å². The summed E-state index contributed by atoms with van der Waals surface area (Å²) in [6.45, 7) is 1.60. The number of hydrogen-bond acceptors (Lipinski definition) is 4. The Morgan fingerprint density at radius 2 is 1.89 bits per heavy atom. The quantitative estimate of drug-likeness (QED) is 0.561. The van der Waals surface area contributed by atoms with Crippen LogP contribution in [-0.2, 0) is 16.0 Å². The summed E-state index contributed by atoms with van der Waals surface area (Å²) < 4.78 is 10.0. The predicted octanol–water partition coefficient (Wildman–Crippen LogP) is 2.78. The van der Waals surface area contributed by atoms with Crippen molar-refractivity contribution in [3.05, 3.63) is 29.3 Å². The third-order valence-corrected chi connectivity index (χ3v) is 2.93. The van der Waals surface area contributed by atoms with Gasteiger partial charge in [-0.3, -0.25) is 0 Å². The van der Waals surface area contributed by atoms with Crippen LogP contribution in [-0.4, -0.2) is 26.0 Å². The smallest absolute Gasteiger partial charge is 0.341 e. The molecule has 0 atom stereocenters. The van der Waals surface area contributed by atoms with E-state index in [2.05, 4.69) is 0 Å². The first-order chi connectivity index (χ1) is 9.10. The Hall–Kier alpha value is -1.84. The fourth-order valence-electron chi connectivity index (χ4n) is 1.98. The minimum absolute atomic E-state index is 0.204. The highest BCUT2D eigenvalue weighted by Gasteiger charge is 2.15. The highest BCUT2D eigenvalue weighted by atomic mass is 16.5. The number of esters is 1. The molecule has 0 N–H and O–H groups in total. The van der Waals surface area contributed by atoms with E-state index in [9.17, 15) is 9.59 Å². The fraction of sp³-hybridized carbons (Fsp3) is 0.467. The summed E-state index contributed by atoms with van der Waals surface area (Å²) in [6.07, 6.45) is 3.11. The van der Waals surface area contributed by atoms with Crippen molar-refractivity contribution in [2.45, 2.75) is 32.6 Å². The molecule has 0 saturated carbocycles. The van der Waals surface area contributed by atoms with Crippen molar-refractivity contribution in [1.82, 2.24) is 0 Å². The van der Waals surface area contributed by atoms with Crippen LogP contribution in [0.4, 0.5) is 0 Å². The molecule has 0 fully saturated rings. The Labute approximate surface area is 113 Å². The third-order valence-electron chi connectivity index (χ3n) is 2.93. The molecule has 1 aromatic rings. The van der Waals surface area contributed by atoms with Crippen LogP contribution in [0.1, 0.15) is 42.1 Å². The van der Waals surface area contributed by atoms with Crippen molar-refractivity contribution >= 4 is 11.8 Å². The second kappa shape index (κ2) is 7.56. The molecule has 1 aromatic carbocycles. The average Bonchev–Trinajstić information content (AvgIpc) is 2.42. The van der Waals surface area contributed by atoms with Crippen LogP contribution in [0.2, 0.25) is 0 Å². The largest absolute Gasteiger partial charge is 0.496 e. The number of carbonyl (C=O) groups excluding carboxylic acids is 2. The Kier molecular flexibility index (Phi) is 6.06. The zero-order valence-electron chi connectivity index (χ0n) is 11.7. The standard InChI is InChI=1S/C15H20O4/c1-11(16)7-4-5-8-12-9-6-10-13(14(12)18-2)15(17)19-3/h6,9-10H,4-5,7-8H2,1-3H3. The van der Waals surface area contributed by atoms with Gasteiger partial charge < -0.3 is 14.3 Å². The van der Waals surface area contributed by atoms with Gasteiger partial charge in [-0.05, 0) is 37.8 Å². The number of ether oxygens (including phenoxy) is 2. The number of para-hydroxylation sites is 1. The van der Waals surface area contributed by atoms with E-state index in [1.807, 2.05) is 12.1 Å². The molecule has 0 heterocycles. The summed E-state index contributed by atoms with van der Waals surface area (Å²) in [5.41, 5.74) is 1.41. The Morgan fingerprint density at radius 1 is 1.16 bits per heavy atom. The lowest BCUT2D eigenvalue weighted by molar-refractivity contribution is -0.117. The Morgan fingerprint density at radius 3 is 2.47 bits per heavy atom. The summed E-state index contributed by atoms with van der Waals surface area (Å²) >= 11 is 0. The lowest BCUT2D eigenvalue weighted by atomic mass is 10.0. The summed E-state index contributed by atoms with van der Waals surface area (Å²) in [5.74, 6) is 0.370. The third kappa shape index (κ3) is 4.39. The van der Waals surface area contributed by atoms with Gasteiger partial charge >= 0.3 is 5.97 Å². The molecule has 1 rings (SSSR count). The maximum atomic E-state index is 11.6. The molecular formula is C15H20O4. The lowest BCUT2D eigenvalue weighted by Crippen LogP contribution is -2.06. The normalized spacial score (nSPS) is 10.1. The van der Waals surface area contributed by atoms with E-state index in [4.69, 9.17) is 9.47 Å². The van der Waals surface area contributed by atoms with E-state index >= 15 is 0 Å². The van der Waals surface area contributed by atoms with Crippen LogP contribution in [0.15, 0.2) is 18.2 Å². The van der Waals surface area contributed by atoms with Crippen molar-refractivity contribution in [2.75, 3.05) is 14.2 Å². The fourth-order valence-corrected chi connectivity index (χ4v) is 1.98. The number of rotatable bonds is 7. The lowest BCUT2D eigenvalue weighted by Gasteiger charge is -2.12. The number of hydrogen-bond donors (Lipinski definition) is 0. The van der Waals surface area contributed by atoms with Gasteiger partial charge in [0.1, 0.15) is 17.1 Å². The second-order valence-electron chi connectivity index (χ2n) is 4.40. The van der Waals surface area contributed by atoms with Crippen molar-refractivity contribution in [3.63, 3.8) is 0 Å². The van der Waals surface area contributed by atoms with Crippen LogP contribution in [0.5, 0.6) is 5.75 Å². The molecule has 0 aliphatic heterocycles. The van der Waals surface area contributed by atoms with E-state index in [0.717, 1.165) is 24.8 Å². The zero-order chi connectivity index (χ0) is 14.3. The van der Waals surface area contributed by atoms with Gasteiger partial charge in [0.2, 0.25) is 0 Å². The number of methoxy groups -OCH3 is 2. The molecule has 0 amide bonds. The van der Waals surface area contributed by atoms with Gasteiger partial charge in [0.15, 0.2) is 0 Å². The van der Waals surface area contributed by atoms with E-state index in [-0.39, 0.29) is 5.78 Å². The number of carbonyl (C=O) groups is 2. The Bertz CT molecular complexity index is 451. The molecule has 0 aromatic heterocycles. The zero-order valence-corrected chi connectivity index (χ0v) is 11.7. The number of benzene rings is 1. The summed E-state index contributed by atoms with van der Waals surface area (Å²) in [5, 5.41) is 0. The molecule has 0 unspecified atom stereocenters. The van der Waals surface area contributed by atoms with Crippen LogP contribution < -0.4 is 4.74 Å². The molecule has 0 bridgehead atoms. The number of unbranched alkanes of at least 4 members (excludes halogenated alkanes) is 1. The maximum Gasteiger partial charge on any atom is 0.341 e. The average molecular weight is 264 g/mol. The molecule has 0 saturated heterocycles. The first-order valence-corrected chi connectivity index (χ1v) is 6.33. The number of Topliss-reactive ketones (excluding diaryl/α,β-unsaturated/α-hetero) is 1.